The van der Waals surface area contributed by atoms with Crippen molar-refractivity contribution in [2.24, 2.45) is 0 Å². The number of likely N-dealkylation sites (tertiary alicyclic amines) is 1. The summed E-state index contributed by atoms with van der Waals surface area (Å²) >= 11 is 3.45. The maximum absolute atomic E-state index is 12.5. The number of nitrogens with zero attached hydrogens (tertiary/aromatic N) is 1. The number of rotatable bonds is 7. The van der Waals surface area contributed by atoms with Gasteiger partial charge in [-0.1, -0.05) is 47.8 Å². The number of benzene rings is 1. The number of unbranched alkanes of at least 4 members (excludes halogenated alkanes) is 2. The number of amides is 1. The Hall–Kier alpha value is -0.880. The average Bonchev–Trinajstić information content (AvgIpc) is 2.96. The summed E-state index contributed by atoms with van der Waals surface area (Å²) in [4.78, 5) is 14.2. The zero-order valence-corrected chi connectivity index (χ0v) is 15.9. The summed E-state index contributed by atoms with van der Waals surface area (Å²) in [6.45, 7) is 2.67. The van der Waals surface area contributed by atoms with Crippen molar-refractivity contribution in [1.29, 1.82) is 0 Å². The molecule has 0 aliphatic carbocycles. The van der Waals surface area contributed by atoms with E-state index in [1.165, 1.54) is 0 Å². The standard InChI is InChI=1S/C17H24BrNO3S/c1-2-3-4-11-23(21,22)13-17(20)19-10-6-9-16(19)14-7-5-8-15(18)12-14/h5,7-8,12,16H,2-4,6,9-11,13H2,1H3. The summed E-state index contributed by atoms with van der Waals surface area (Å²) in [6.07, 6.45) is 4.30. The molecule has 0 bridgehead atoms. The molecule has 1 aromatic rings. The lowest BCUT2D eigenvalue weighted by Gasteiger charge is -2.25. The SMILES string of the molecule is CCCCCS(=O)(=O)CC(=O)N1CCCC1c1cccc(Br)c1. The third kappa shape index (κ3) is 5.31. The van der Waals surface area contributed by atoms with Gasteiger partial charge in [0.2, 0.25) is 5.91 Å². The molecule has 1 aliphatic rings. The maximum Gasteiger partial charge on any atom is 0.238 e. The zero-order valence-electron chi connectivity index (χ0n) is 13.5. The van der Waals surface area contributed by atoms with Crippen molar-refractivity contribution in [2.45, 2.75) is 45.1 Å². The second kappa shape index (κ2) is 8.29. The molecule has 0 saturated carbocycles. The first-order chi connectivity index (χ1) is 10.9. The summed E-state index contributed by atoms with van der Waals surface area (Å²) in [5, 5.41) is 0. The molecule has 0 N–H and O–H groups in total. The van der Waals surface area contributed by atoms with Crippen LogP contribution in [0.4, 0.5) is 0 Å². The first-order valence-corrected chi connectivity index (χ1v) is 10.8. The Balaban J connectivity index is 2.03. The third-order valence-electron chi connectivity index (χ3n) is 4.21. The van der Waals surface area contributed by atoms with Crippen LogP contribution in [-0.4, -0.2) is 37.3 Å². The normalized spacial score (nSPS) is 18.3. The van der Waals surface area contributed by atoms with Crippen LogP contribution in [0.1, 0.15) is 50.6 Å². The molecule has 1 aromatic carbocycles. The Labute approximate surface area is 147 Å². The first-order valence-electron chi connectivity index (χ1n) is 8.18. The fourth-order valence-electron chi connectivity index (χ4n) is 3.04. The molecular weight excluding hydrogens is 378 g/mol. The number of sulfone groups is 1. The molecule has 1 amide bonds. The quantitative estimate of drug-likeness (QED) is 0.654. The van der Waals surface area contributed by atoms with Crippen LogP contribution in [0.5, 0.6) is 0 Å². The van der Waals surface area contributed by atoms with Gasteiger partial charge in [-0.05, 0) is 37.0 Å². The number of carbonyl (C=O) groups is 1. The number of carbonyl (C=O) groups excluding carboxylic acids is 1. The van der Waals surface area contributed by atoms with Gasteiger partial charge in [-0.25, -0.2) is 8.42 Å². The van der Waals surface area contributed by atoms with Gasteiger partial charge in [0, 0.05) is 11.0 Å². The molecule has 1 atom stereocenters. The summed E-state index contributed by atoms with van der Waals surface area (Å²) in [6, 6.07) is 7.89. The van der Waals surface area contributed by atoms with Gasteiger partial charge in [-0.15, -0.1) is 0 Å². The molecule has 1 heterocycles. The fourth-order valence-corrected chi connectivity index (χ4v) is 4.79. The van der Waals surface area contributed by atoms with E-state index in [0.717, 1.165) is 35.7 Å². The van der Waals surface area contributed by atoms with E-state index < -0.39 is 9.84 Å². The van der Waals surface area contributed by atoms with Gasteiger partial charge in [0.15, 0.2) is 9.84 Å². The fraction of sp³-hybridized carbons (Fsp3) is 0.588. The highest BCUT2D eigenvalue weighted by molar-refractivity contribution is 9.10. The summed E-state index contributed by atoms with van der Waals surface area (Å²) in [5.41, 5.74) is 1.06. The van der Waals surface area contributed by atoms with Crippen LogP contribution in [0.25, 0.3) is 0 Å². The summed E-state index contributed by atoms with van der Waals surface area (Å²) in [5.74, 6) is -0.507. The van der Waals surface area contributed by atoms with Crippen LogP contribution in [0.15, 0.2) is 28.7 Å². The Morgan fingerprint density at radius 3 is 2.83 bits per heavy atom. The lowest BCUT2D eigenvalue weighted by Crippen LogP contribution is -2.36. The molecular formula is C17H24BrNO3S. The Kier molecular flexibility index (Phi) is 6.65. The summed E-state index contributed by atoms with van der Waals surface area (Å²) < 4.78 is 25.2. The van der Waals surface area contributed by atoms with Crippen molar-refractivity contribution in [3.8, 4) is 0 Å². The molecule has 2 rings (SSSR count). The van der Waals surface area contributed by atoms with E-state index >= 15 is 0 Å². The van der Waals surface area contributed by atoms with E-state index in [1.807, 2.05) is 31.2 Å². The smallest absolute Gasteiger partial charge is 0.238 e. The average molecular weight is 402 g/mol. The molecule has 1 unspecified atom stereocenters. The lowest BCUT2D eigenvalue weighted by atomic mass is 10.0. The predicted molar refractivity (Wildman–Crippen MR) is 96.0 cm³/mol. The molecule has 0 radical (unpaired) electrons. The van der Waals surface area contributed by atoms with E-state index in [-0.39, 0.29) is 23.5 Å². The van der Waals surface area contributed by atoms with Crippen LogP contribution in [0.2, 0.25) is 0 Å². The first kappa shape index (κ1) is 18.5. The lowest BCUT2D eigenvalue weighted by molar-refractivity contribution is -0.129. The van der Waals surface area contributed by atoms with Crippen molar-refractivity contribution in [3.63, 3.8) is 0 Å². The van der Waals surface area contributed by atoms with Crippen molar-refractivity contribution in [3.05, 3.63) is 34.3 Å². The number of halogens is 1. The molecule has 23 heavy (non-hydrogen) atoms. The van der Waals surface area contributed by atoms with E-state index in [9.17, 15) is 13.2 Å². The molecule has 0 aromatic heterocycles. The van der Waals surface area contributed by atoms with Gasteiger partial charge in [-0.2, -0.15) is 0 Å². The van der Waals surface area contributed by atoms with Crippen molar-refractivity contribution in [2.75, 3.05) is 18.1 Å². The van der Waals surface area contributed by atoms with Gasteiger partial charge in [0.1, 0.15) is 5.75 Å². The van der Waals surface area contributed by atoms with Crippen molar-refractivity contribution < 1.29 is 13.2 Å². The van der Waals surface area contributed by atoms with Gasteiger partial charge < -0.3 is 4.90 Å². The van der Waals surface area contributed by atoms with Crippen LogP contribution >= 0.6 is 15.9 Å². The minimum absolute atomic E-state index is 0.00848. The van der Waals surface area contributed by atoms with Gasteiger partial charge in [0.05, 0.1) is 11.8 Å². The Bertz CT molecular complexity index is 645. The van der Waals surface area contributed by atoms with Crippen LogP contribution in [0, 0.1) is 0 Å². The van der Waals surface area contributed by atoms with Crippen LogP contribution < -0.4 is 0 Å². The van der Waals surface area contributed by atoms with Crippen molar-refractivity contribution in [1.82, 2.24) is 4.90 Å². The molecule has 128 valence electrons. The monoisotopic (exact) mass is 401 g/mol. The van der Waals surface area contributed by atoms with Gasteiger partial charge in [0.25, 0.3) is 0 Å². The number of hydrogen-bond donors (Lipinski definition) is 0. The van der Waals surface area contributed by atoms with E-state index in [4.69, 9.17) is 0 Å². The largest absolute Gasteiger partial charge is 0.335 e. The molecule has 0 spiro atoms. The second-order valence-corrected chi connectivity index (χ2v) is 9.20. The minimum Gasteiger partial charge on any atom is -0.335 e. The topological polar surface area (TPSA) is 54.5 Å². The predicted octanol–water partition coefficient (Wildman–Crippen LogP) is 3.72. The zero-order chi connectivity index (χ0) is 16.9. The Morgan fingerprint density at radius 1 is 1.35 bits per heavy atom. The van der Waals surface area contributed by atoms with E-state index in [2.05, 4.69) is 15.9 Å². The minimum atomic E-state index is -3.30. The van der Waals surface area contributed by atoms with Crippen LogP contribution in [-0.2, 0) is 14.6 Å². The molecule has 1 saturated heterocycles. The van der Waals surface area contributed by atoms with E-state index in [0.29, 0.717) is 13.0 Å². The number of hydrogen-bond acceptors (Lipinski definition) is 3. The molecule has 1 fully saturated rings. The van der Waals surface area contributed by atoms with Gasteiger partial charge in [-0.3, -0.25) is 4.79 Å². The maximum atomic E-state index is 12.5. The molecule has 6 heteroatoms. The third-order valence-corrected chi connectivity index (χ3v) is 6.30. The highest BCUT2D eigenvalue weighted by Crippen LogP contribution is 2.33. The second-order valence-electron chi connectivity index (χ2n) is 6.10. The summed E-state index contributed by atoms with van der Waals surface area (Å²) in [7, 11) is -3.30. The van der Waals surface area contributed by atoms with Crippen molar-refractivity contribution >= 4 is 31.7 Å². The molecule has 1 aliphatic heterocycles. The Morgan fingerprint density at radius 2 is 2.13 bits per heavy atom. The highest BCUT2D eigenvalue weighted by atomic mass is 79.9. The molecule has 4 nitrogen and oxygen atoms in total. The highest BCUT2D eigenvalue weighted by Gasteiger charge is 2.32. The van der Waals surface area contributed by atoms with Crippen LogP contribution in [0.3, 0.4) is 0 Å². The van der Waals surface area contributed by atoms with E-state index in [1.54, 1.807) is 4.90 Å². The van der Waals surface area contributed by atoms with Gasteiger partial charge >= 0.3 is 0 Å².